The van der Waals surface area contributed by atoms with E-state index in [9.17, 15) is 4.79 Å². The molecule has 4 heteroatoms. The van der Waals surface area contributed by atoms with Crippen molar-refractivity contribution in [2.24, 2.45) is 0 Å². The standard InChI is InChI=1S/C19H39BrO2Si/c1-19(2,20)18(21)22-16-14-12-10-8-6-7-9-11-13-15-17-23(3,4)5/h6-17H2,1-5H3. The summed E-state index contributed by atoms with van der Waals surface area (Å²) in [4.78, 5) is 11.5. The minimum absolute atomic E-state index is 0.161. The van der Waals surface area contributed by atoms with Crippen molar-refractivity contribution in [1.29, 1.82) is 0 Å². The first-order valence-corrected chi connectivity index (χ1v) is 14.0. The maximum absolute atomic E-state index is 11.5. The first kappa shape index (κ1) is 23.2. The molecule has 23 heavy (non-hydrogen) atoms. The molecule has 0 aromatic rings. The predicted octanol–water partition coefficient (Wildman–Crippen LogP) is 6.94. The molecule has 0 aromatic heterocycles. The summed E-state index contributed by atoms with van der Waals surface area (Å²) in [6.45, 7) is 11.6. The Kier molecular flexibility index (Phi) is 12.6. The van der Waals surface area contributed by atoms with Crippen LogP contribution in [-0.4, -0.2) is 25.0 Å². The van der Waals surface area contributed by atoms with Crippen LogP contribution in [0.5, 0.6) is 0 Å². The first-order valence-electron chi connectivity index (χ1n) is 9.49. The normalized spacial score (nSPS) is 12.4. The molecule has 2 nitrogen and oxygen atoms in total. The molecular formula is C19H39BrO2Si. The molecule has 0 aliphatic rings. The summed E-state index contributed by atoms with van der Waals surface area (Å²) in [5, 5.41) is 0. The van der Waals surface area contributed by atoms with E-state index in [0.29, 0.717) is 6.61 Å². The number of carbonyl (C=O) groups is 1. The molecule has 0 heterocycles. The lowest BCUT2D eigenvalue weighted by atomic mass is 10.1. The Bertz CT molecular complexity index is 305. The van der Waals surface area contributed by atoms with Crippen molar-refractivity contribution in [1.82, 2.24) is 0 Å². The third-order valence-electron chi connectivity index (χ3n) is 4.04. The summed E-state index contributed by atoms with van der Waals surface area (Å²) >= 11 is 3.31. The van der Waals surface area contributed by atoms with Gasteiger partial charge in [0.05, 0.1) is 6.61 Å². The van der Waals surface area contributed by atoms with Gasteiger partial charge in [0.15, 0.2) is 0 Å². The van der Waals surface area contributed by atoms with E-state index in [1.54, 1.807) is 0 Å². The molecule has 0 rings (SSSR count). The van der Waals surface area contributed by atoms with Crippen LogP contribution in [0.2, 0.25) is 25.7 Å². The lowest BCUT2D eigenvalue weighted by Gasteiger charge is -2.14. The number of hydrogen-bond donors (Lipinski definition) is 0. The second-order valence-corrected chi connectivity index (χ2v) is 16.1. The fourth-order valence-corrected chi connectivity index (χ4v) is 3.93. The summed E-state index contributed by atoms with van der Waals surface area (Å²) in [5.41, 5.74) is 0. The van der Waals surface area contributed by atoms with Crippen LogP contribution in [0, 0.1) is 0 Å². The van der Waals surface area contributed by atoms with Crippen molar-refractivity contribution >= 4 is 30.0 Å². The van der Waals surface area contributed by atoms with E-state index in [-0.39, 0.29) is 5.97 Å². The highest BCUT2D eigenvalue weighted by molar-refractivity contribution is 9.10. The first-order chi connectivity index (χ1) is 10.6. The Morgan fingerprint density at radius 3 is 1.61 bits per heavy atom. The molecule has 0 aliphatic carbocycles. The molecule has 0 spiro atoms. The van der Waals surface area contributed by atoms with E-state index in [2.05, 4.69) is 35.6 Å². The number of carbonyl (C=O) groups excluding carboxylic acids is 1. The number of unbranched alkanes of at least 4 members (excludes halogenated alkanes) is 9. The molecule has 0 amide bonds. The summed E-state index contributed by atoms with van der Waals surface area (Å²) in [7, 11) is -0.806. The van der Waals surface area contributed by atoms with Crippen molar-refractivity contribution in [3.63, 3.8) is 0 Å². The van der Waals surface area contributed by atoms with E-state index in [4.69, 9.17) is 4.74 Å². The highest BCUT2D eigenvalue weighted by Crippen LogP contribution is 2.18. The third kappa shape index (κ3) is 16.8. The van der Waals surface area contributed by atoms with Crippen LogP contribution in [0.3, 0.4) is 0 Å². The number of rotatable bonds is 14. The third-order valence-corrected chi connectivity index (χ3v) is 6.22. The quantitative estimate of drug-likeness (QED) is 0.135. The smallest absolute Gasteiger partial charge is 0.322 e. The molecular weight excluding hydrogens is 368 g/mol. The summed E-state index contributed by atoms with van der Waals surface area (Å²) in [5.74, 6) is -0.161. The van der Waals surface area contributed by atoms with Crippen LogP contribution in [-0.2, 0) is 9.53 Å². The maximum atomic E-state index is 11.5. The molecule has 0 saturated carbocycles. The van der Waals surface area contributed by atoms with Gasteiger partial charge in [0.1, 0.15) is 4.32 Å². The van der Waals surface area contributed by atoms with Gasteiger partial charge in [-0.15, -0.1) is 0 Å². The maximum Gasteiger partial charge on any atom is 0.322 e. The number of esters is 1. The van der Waals surface area contributed by atoms with E-state index in [1.807, 2.05) is 13.8 Å². The second-order valence-electron chi connectivity index (χ2n) is 8.45. The van der Waals surface area contributed by atoms with Crippen LogP contribution in [0.25, 0.3) is 0 Å². The average Bonchev–Trinajstić information content (AvgIpc) is 2.41. The largest absolute Gasteiger partial charge is 0.465 e. The highest BCUT2D eigenvalue weighted by atomic mass is 79.9. The minimum atomic E-state index is -0.806. The van der Waals surface area contributed by atoms with Crippen LogP contribution in [0.4, 0.5) is 0 Å². The van der Waals surface area contributed by atoms with Gasteiger partial charge in [0.2, 0.25) is 0 Å². The van der Waals surface area contributed by atoms with E-state index in [1.165, 1.54) is 63.8 Å². The van der Waals surface area contributed by atoms with Crippen molar-refractivity contribution in [2.45, 2.75) is 108 Å². The summed E-state index contributed by atoms with van der Waals surface area (Å²) in [6, 6.07) is 1.49. The van der Waals surface area contributed by atoms with Gasteiger partial charge in [-0.05, 0) is 20.3 Å². The van der Waals surface area contributed by atoms with Gasteiger partial charge >= 0.3 is 5.97 Å². The van der Waals surface area contributed by atoms with Gasteiger partial charge in [-0.1, -0.05) is 99.4 Å². The molecule has 0 radical (unpaired) electrons. The Morgan fingerprint density at radius 2 is 1.22 bits per heavy atom. The van der Waals surface area contributed by atoms with E-state index < -0.39 is 12.4 Å². The van der Waals surface area contributed by atoms with Gasteiger partial charge < -0.3 is 4.74 Å². The van der Waals surface area contributed by atoms with Crippen LogP contribution in [0.15, 0.2) is 0 Å². The molecule has 0 N–H and O–H groups in total. The fourth-order valence-electron chi connectivity index (χ4n) is 2.51. The Balaban J connectivity index is 3.21. The van der Waals surface area contributed by atoms with Crippen LogP contribution in [0.1, 0.15) is 78.1 Å². The van der Waals surface area contributed by atoms with Gasteiger partial charge in [0, 0.05) is 8.07 Å². The molecule has 0 aliphatic heterocycles. The van der Waals surface area contributed by atoms with Gasteiger partial charge in [-0.25, -0.2) is 0 Å². The van der Waals surface area contributed by atoms with Crippen molar-refractivity contribution in [2.75, 3.05) is 6.61 Å². The minimum Gasteiger partial charge on any atom is -0.465 e. The van der Waals surface area contributed by atoms with Gasteiger partial charge in [-0.3, -0.25) is 4.79 Å². The number of alkyl halides is 1. The average molecular weight is 408 g/mol. The van der Waals surface area contributed by atoms with Crippen molar-refractivity contribution < 1.29 is 9.53 Å². The molecule has 0 saturated heterocycles. The second kappa shape index (κ2) is 12.5. The van der Waals surface area contributed by atoms with Crippen LogP contribution < -0.4 is 0 Å². The highest BCUT2D eigenvalue weighted by Gasteiger charge is 2.24. The molecule has 0 unspecified atom stereocenters. The number of halogens is 1. The zero-order valence-corrected chi connectivity index (χ0v) is 18.8. The molecule has 138 valence electrons. The van der Waals surface area contributed by atoms with E-state index >= 15 is 0 Å². The number of hydrogen-bond acceptors (Lipinski definition) is 2. The van der Waals surface area contributed by atoms with E-state index in [0.717, 1.165) is 6.42 Å². The zero-order valence-electron chi connectivity index (χ0n) is 16.2. The topological polar surface area (TPSA) is 26.3 Å². The summed E-state index contributed by atoms with van der Waals surface area (Å²) < 4.78 is 4.68. The lowest BCUT2D eigenvalue weighted by Crippen LogP contribution is -2.26. The molecule has 0 bridgehead atoms. The number of ether oxygens (including phenoxy) is 1. The molecule has 0 aromatic carbocycles. The Morgan fingerprint density at radius 1 is 0.826 bits per heavy atom. The Labute approximate surface area is 154 Å². The Hall–Kier alpha value is 0.167. The monoisotopic (exact) mass is 406 g/mol. The van der Waals surface area contributed by atoms with Crippen LogP contribution >= 0.6 is 15.9 Å². The summed E-state index contributed by atoms with van der Waals surface area (Å²) in [6.07, 6.45) is 13.2. The molecule has 0 fully saturated rings. The zero-order chi connectivity index (χ0) is 17.8. The predicted molar refractivity (Wildman–Crippen MR) is 108 cm³/mol. The molecule has 0 atom stereocenters. The fraction of sp³-hybridized carbons (Fsp3) is 0.947. The van der Waals surface area contributed by atoms with Gasteiger partial charge in [-0.2, -0.15) is 0 Å². The van der Waals surface area contributed by atoms with Crippen molar-refractivity contribution in [3.05, 3.63) is 0 Å². The lowest BCUT2D eigenvalue weighted by molar-refractivity contribution is -0.145. The van der Waals surface area contributed by atoms with Crippen molar-refractivity contribution in [3.8, 4) is 0 Å². The SMILES string of the molecule is CC(C)(Br)C(=O)OCCCCCCCCCCCC[Si](C)(C)C. The van der Waals surface area contributed by atoms with Gasteiger partial charge in [0.25, 0.3) is 0 Å².